The number of benzene rings is 1. The van der Waals surface area contributed by atoms with Crippen LogP contribution < -0.4 is 5.32 Å². The number of fused-ring (bicyclic) bond motifs is 3. The van der Waals surface area contributed by atoms with Gasteiger partial charge in [0.15, 0.2) is 0 Å². The Morgan fingerprint density at radius 3 is 2.65 bits per heavy atom. The molecule has 2 aliphatic heterocycles. The van der Waals surface area contributed by atoms with Gasteiger partial charge in [0.05, 0.1) is 0 Å². The lowest BCUT2D eigenvalue weighted by atomic mass is 9.77. The zero-order valence-electron chi connectivity index (χ0n) is 23.5. The minimum Gasteiger partial charge on any atom is -0.361 e. The van der Waals surface area contributed by atoms with Gasteiger partial charge in [-0.3, -0.25) is 4.90 Å². The van der Waals surface area contributed by atoms with Gasteiger partial charge >= 0.3 is 0 Å². The third kappa shape index (κ3) is 4.29. The second-order valence-corrected chi connectivity index (χ2v) is 12.6. The average Bonchev–Trinajstić information content (AvgIpc) is 3.62. The van der Waals surface area contributed by atoms with Gasteiger partial charge < -0.3 is 5.32 Å². The zero-order chi connectivity index (χ0) is 26.5. The molecule has 0 aromatic heterocycles. The largest absolute Gasteiger partial charge is 0.361 e. The highest BCUT2D eigenvalue weighted by Crippen LogP contribution is 2.46. The van der Waals surface area contributed by atoms with Crippen molar-refractivity contribution >= 4 is 5.57 Å². The van der Waals surface area contributed by atoms with Crippen molar-refractivity contribution in [1.29, 1.82) is 0 Å². The van der Waals surface area contributed by atoms with Crippen molar-refractivity contribution in [3.63, 3.8) is 0 Å². The first kappa shape index (κ1) is 24.4. The molecule has 1 aromatic carbocycles. The van der Waals surface area contributed by atoms with E-state index in [9.17, 15) is 0 Å². The number of likely N-dealkylation sites (tertiary alicyclic amines) is 1. The maximum Gasteiger partial charge on any atom is 0.0392 e. The summed E-state index contributed by atoms with van der Waals surface area (Å²) in [6, 6.07) is 12.1. The highest BCUT2D eigenvalue weighted by atomic mass is 15.2. The first-order chi connectivity index (χ1) is 19.8. The maximum absolute atomic E-state index is 3.74. The Balaban J connectivity index is 1.03. The molecule has 202 valence electrons. The lowest BCUT2D eigenvalue weighted by Crippen LogP contribution is -2.43. The van der Waals surface area contributed by atoms with Gasteiger partial charge in [0.1, 0.15) is 0 Å². The molecule has 0 bridgehead atoms. The third-order valence-electron chi connectivity index (χ3n) is 10.4. The van der Waals surface area contributed by atoms with Gasteiger partial charge in [-0.15, -0.1) is 0 Å². The maximum atomic E-state index is 3.74. The first-order valence-corrected chi connectivity index (χ1v) is 15.7. The van der Waals surface area contributed by atoms with Gasteiger partial charge in [-0.05, 0) is 121 Å². The SMILES string of the molecule is C1=CC(C2=CC(c3ccccc3)=CCC2N2CCC3C=C(C4=CC=C5NC6=C(C=CCC6)C5C4)CCC32)=CCC1. The zero-order valence-corrected chi connectivity index (χ0v) is 23.5. The summed E-state index contributed by atoms with van der Waals surface area (Å²) in [5.41, 5.74) is 13.4. The van der Waals surface area contributed by atoms with Gasteiger partial charge in [-0.1, -0.05) is 78.9 Å². The predicted octanol–water partition coefficient (Wildman–Crippen LogP) is 8.49. The number of allylic oxidation sites excluding steroid dienone is 13. The fourth-order valence-electron chi connectivity index (χ4n) is 8.38. The van der Waals surface area contributed by atoms with Crippen LogP contribution in [-0.4, -0.2) is 23.5 Å². The lowest BCUT2D eigenvalue weighted by molar-refractivity contribution is 0.179. The molecule has 8 rings (SSSR count). The molecule has 1 fully saturated rings. The van der Waals surface area contributed by atoms with Crippen LogP contribution in [0.4, 0.5) is 0 Å². The number of rotatable bonds is 4. The van der Waals surface area contributed by atoms with E-state index >= 15 is 0 Å². The molecule has 4 atom stereocenters. The Hall–Kier alpha value is -3.36. The van der Waals surface area contributed by atoms with E-state index in [1.807, 2.05) is 0 Å². The van der Waals surface area contributed by atoms with Gasteiger partial charge in [0.25, 0.3) is 0 Å². The Morgan fingerprint density at radius 1 is 0.825 bits per heavy atom. The van der Waals surface area contributed by atoms with Gasteiger partial charge in [0.2, 0.25) is 0 Å². The van der Waals surface area contributed by atoms with E-state index in [-0.39, 0.29) is 0 Å². The summed E-state index contributed by atoms with van der Waals surface area (Å²) in [4.78, 5) is 2.89. The van der Waals surface area contributed by atoms with Crippen LogP contribution in [0.3, 0.4) is 0 Å². The fourth-order valence-corrected chi connectivity index (χ4v) is 8.38. The quantitative estimate of drug-likeness (QED) is 0.425. The molecule has 1 aromatic rings. The van der Waals surface area contributed by atoms with Crippen molar-refractivity contribution in [2.75, 3.05) is 6.54 Å². The summed E-state index contributed by atoms with van der Waals surface area (Å²) in [6.07, 6.45) is 35.3. The summed E-state index contributed by atoms with van der Waals surface area (Å²) >= 11 is 0. The highest BCUT2D eigenvalue weighted by molar-refractivity contribution is 5.78. The lowest BCUT2D eigenvalue weighted by Gasteiger charge is -2.40. The normalized spacial score (nSPS) is 31.2. The van der Waals surface area contributed by atoms with Crippen LogP contribution in [0.15, 0.2) is 130 Å². The monoisotopic (exact) mass is 524 g/mol. The molecule has 4 unspecified atom stereocenters. The second-order valence-electron chi connectivity index (χ2n) is 12.6. The molecule has 2 nitrogen and oxygen atoms in total. The first-order valence-electron chi connectivity index (χ1n) is 15.7. The minimum atomic E-state index is 0.485. The van der Waals surface area contributed by atoms with Crippen LogP contribution in [0.25, 0.3) is 5.57 Å². The molecular formula is C38H40N2. The predicted molar refractivity (Wildman–Crippen MR) is 166 cm³/mol. The van der Waals surface area contributed by atoms with E-state index < -0.39 is 0 Å². The number of nitrogens with zero attached hydrogens (tertiary/aromatic N) is 1. The molecule has 7 aliphatic rings. The van der Waals surface area contributed by atoms with E-state index in [1.165, 1.54) is 73.2 Å². The Morgan fingerprint density at radius 2 is 1.75 bits per heavy atom. The minimum absolute atomic E-state index is 0.485. The molecule has 5 aliphatic carbocycles. The number of nitrogens with one attached hydrogen (secondary N) is 1. The van der Waals surface area contributed by atoms with Gasteiger partial charge in [0, 0.05) is 29.4 Å². The van der Waals surface area contributed by atoms with Crippen LogP contribution in [0.5, 0.6) is 0 Å². The number of hydrogen-bond donors (Lipinski definition) is 1. The van der Waals surface area contributed by atoms with E-state index in [0.717, 1.165) is 19.3 Å². The summed E-state index contributed by atoms with van der Waals surface area (Å²) in [5, 5.41) is 3.74. The van der Waals surface area contributed by atoms with E-state index in [0.29, 0.717) is 23.9 Å². The molecule has 40 heavy (non-hydrogen) atoms. The van der Waals surface area contributed by atoms with E-state index in [1.54, 1.807) is 22.3 Å². The molecule has 0 amide bonds. The molecular weight excluding hydrogens is 484 g/mol. The smallest absolute Gasteiger partial charge is 0.0392 e. The van der Waals surface area contributed by atoms with Crippen molar-refractivity contribution in [3.05, 3.63) is 136 Å². The fraction of sp³-hybridized carbons (Fsp3) is 0.368. The molecule has 2 heterocycles. The Kier molecular flexibility index (Phi) is 6.25. The molecule has 2 heteroatoms. The molecule has 1 N–H and O–H groups in total. The van der Waals surface area contributed by atoms with Crippen LogP contribution in [-0.2, 0) is 0 Å². The molecule has 0 radical (unpaired) electrons. The summed E-state index contributed by atoms with van der Waals surface area (Å²) in [5.74, 6) is 1.22. The van der Waals surface area contributed by atoms with E-state index in [2.05, 4.69) is 101 Å². The number of hydrogen-bond acceptors (Lipinski definition) is 2. The summed E-state index contributed by atoms with van der Waals surface area (Å²) < 4.78 is 0. The topological polar surface area (TPSA) is 15.3 Å². The summed E-state index contributed by atoms with van der Waals surface area (Å²) in [6.45, 7) is 1.21. The van der Waals surface area contributed by atoms with Crippen molar-refractivity contribution in [3.8, 4) is 0 Å². The molecule has 0 spiro atoms. The second kappa shape index (κ2) is 10.2. The standard InChI is InChI=1S/C38H40N2/c1-3-9-26(10-4-1)29-17-20-38(33(24-29)27-11-5-2-6-12-27)40-22-21-31-23-28(16-19-37(31)40)30-15-18-36-34(25-30)32-13-7-8-14-35(32)39-36/h1,3-5,7,9-13,15,17-18,23-24,31,34,37-39H,2,6,8,14,16,19-22,25H2. The van der Waals surface area contributed by atoms with Gasteiger partial charge in [-0.25, -0.2) is 0 Å². The molecule has 1 saturated heterocycles. The Bertz CT molecular complexity index is 1480. The van der Waals surface area contributed by atoms with Gasteiger partial charge in [-0.2, -0.15) is 0 Å². The average molecular weight is 525 g/mol. The third-order valence-corrected chi connectivity index (χ3v) is 10.4. The van der Waals surface area contributed by atoms with Crippen molar-refractivity contribution < 1.29 is 0 Å². The van der Waals surface area contributed by atoms with Crippen LogP contribution in [0.2, 0.25) is 0 Å². The van der Waals surface area contributed by atoms with Crippen LogP contribution in [0, 0.1) is 11.8 Å². The van der Waals surface area contributed by atoms with Crippen molar-refractivity contribution in [2.24, 2.45) is 11.8 Å². The van der Waals surface area contributed by atoms with Crippen molar-refractivity contribution in [1.82, 2.24) is 10.2 Å². The molecule has 0 saturated carbocycles. The van der Waals surface area contributed by atoms with Crippen LogP contribution in [0.1, 0.15) is 63.4 Å². The highest BCUT2D eigenvalue weighted by Gasteiger charge is 2.41. The van der Waals surface area contributed by atoms with Crippen LogP contribution >= 0.6 is 0 Å². The summed E-state index contributed by atoms with van der Waals surface area (Å²) in [7, 11) is 0. The van der Waals surface area contributed by atoms with E-state index in [4.69, 9.17) is 0 Å². The van der Waals surface area contributed by atoms with Crippen molar-refractivity contribution in [2.45, 2.75) is 69.9 Å². The Labute approximate surface area is 239 Å².